The van der Waals surface area contributed by atoms with E-state index < -0.39 is 0 Å². The Bertz CT molecular complexity index is 71.3. The summed E-state index contributed by atoms with van der Waals surface area (Å²) in [7, 11) is 1.76. The van der Waals surface area contributed by atoms with Crippen LogP contribution in [0.1, 0.15) is 12.8 Å². The van der Waals surface area contributed by atoms with E-state index in [-0.39, 0.29) is 0 Å². The molecule has 0 aliphatic carbocycles. The van der Waals surface area contributed by atoms with Crippen LogP contribution in [-0.2, 0) is 4.74 Å². The highest BCUT2D eigenvalue weighted by Gasteiger charge is 2.14. The average Bonchev–Trinajstić information content (AvgIpc) is 2.63. The molecule has 54 valence electrons. The Morgan fingerprint density at radius 3 is 2.67 bits per heavy atom. The van der Waals surface area contributed by atoms with E-state index >= 15 is 0 Å². The number of hydrogen-bond donors (Lipinski definition) is 0. The predicted molar refractivity (Wildman–Crippen MR) is 37.5 cm³/mol. The maximum absolute atomic E-state index is 4.93. The highest BCUT2D eigenvalue weighted by molar-refractivity contribution is 4.71. The van der Waals surface area contributed by atoms with Crippen molar-refractivity contribution < 1.29 is 4.74 Å². The lowest BCUT2D eigenvalue weighted by molar-refractivity contribution is 0.191. The molecule has 1 aliphatic rings. The quantitative estimate of drug-likeness (QED) is 0.400. The van der Waals surface area contributed by atoms with E-state index in [0.29, 0.717) is 0 Å². The van der Waals surface area contributed by atoms with Crippen LogP contribution in [-0.4, -0.2) is 38.3 Å². The van der Waals surface area contributed by atoms with Crippen molar-refractivity contribution in [3.63, 3.8) is 0 Å². The van der Waals surface area contributed by atoms with Crippen LogP contribution in [0.4, 0.5) is 0 Å². The minimum absolute atomic E-state index is 0.924. The van der Waals surface area contributed by atoms with Gasteiger partial charge in [0.25, 0.3) is 0 Å². The smallest absolute Gasteiger partial charge is 0.0462 e. The van der Waals surface area contributed by atoms with Crippen LogP contribution >= 0.6 is 0 Å². The van der Waals surface area contributed by atoms with Crippen molar-refractivity contribution in [2.45, 2.75) is 12.8 Å². The molecule has 1 heterocycles. The van der Waals surface area contributed by atoms with Gasteiger partial charge in [-0.1, -0.05) is 0 Å². The number of rotatable bonds is 5. The van der Waals surface area contributed by atoms with E-state index in [0.717, 1.165) is 6.61 Å². The highest BCUT2D eigenvalue weighted by Crippen LogP contribution is 2.04. The molecule has 0 unspecified atom stereocenters. The van der Waals surface area contributed by atoms with Crippen molar-refractivity contribution in [1.29, 1.82) is 0 Å². The molecule has 0 atom stereocenters. The van der Waals surface area contributed by atoms with Crippen molar-refractivity contribution in [2.24, 2.45) is 0 Å². The Morgan fingerprint density at radius 1 is 1.33 bits per heavy atom. The van der Waals surface area contributed by atoms with E-state index in [1.807, 2.05) is 0 Å². The van der Waals surface area contributed by atoms with Gasteiger partial charge in [-0.05, 0) is 19.4 Å². The Balaban J connectivity index is 1.71. The minimum atomic E-state index is 0.924. The molecular formula is C7H15NO. The monoisotopic (exact) mass is 129 g/mol. The van der Waals surface area contributed by atoms with Crippen LogP contribution in [0, 0.1) is 0 Å². The second-order valence-corrected chi connectivity index (χ2v) is 2.54. The summed E-state index contributed by atoms with van der Waals surface area (Å²) in [5.41, 5.74) is 0. The maximum atomic E-state index is 4.93. The first-order valence-corrected chi connectivity index (χ1v) is 3.65. The number of unbranched alkanes of at least 4 members (excludes halogenated alkanes) is 1. The topological polar surface area (TPSA) is 12.2 Å². The molecule has 0 aromatic rings. The molecule has 0 spiro atoms. The first-order chi connectivity index (χ1) is 4.43. The largest absolute Gasteiger partial charge is 0.385 e. The molecule has 1 fully saturated rings. The molecule has 1 aliphatic heterocycles. The summed E-state index contributed by atoms with van der Waals surface area (Å²) in [5, 5.41) is 0. The second kappa shape index (κ2) is 3.85. The lowest BCUT2D eigenvalue weighted by Gasteiger charge is -1.98. The average molecular weight is 129 g/mol. The predicted octanol–water partition coefficient (Wildman–Crippen LogP) is 0.729. The van der Waals surface area contributed by atoms with Gasteiger partial charge in [0, 0.05) is 26.8 Å². The fraction of sp³-hybridized carbons (Fsp3) is 1.00. The van der Waals surface area contributed by atoms with Crippen molar-refractivity contribution in [2.75, 3.05) is 33.4 Å². The number of nitrogens with zero attached hydrogens (tertiary/aromatic N) is 1. The Morgan fingerprint density at radius 2 is 2.11 bits per heavy atom. The van der Waals surface area contributed by atoms with Gasteiger partial charge in [0.05, 0.1) is 0 Å². The molecule has 2 nitrogen and oxygen atoms in total. The van der Waals surface area contributed by atoms with Gasteiger partial charge >= 0.3 is 0 Å². The molecule has 2 heteroatoms. The Kier molecular flexibility index (Phi) is 3.01. The van der Waals surface area contributed by atoms with Crippen molar-refractivity contribution in [3.8, 4) is 0 Å². The second-order valence-electron chi connectivity index (χ2n) is 2.54. The van der Waals surface area contributed by atoms with Gasteiger partial charge in [-0.25, -0.2) is 0 Å². The molecule has 0 aromatic heterocycles. The normalized spacial score (nSPS) is 18.3. The summed E-state index contributed by atoms with van der Waals surface area (Å²) in [6.07, 6.45) is 2.51. The van der Waals surface area contributed by atoms with Gasteiger partial charge in [0.1, 0.15) is 0 Å². The van der Waals surface area contributed by atoms with Gasteiger partial charge in [-0.15, -0.1) is 0 Å². The van der Waals surface area contributed by atoms with Crippen LogP contribution < -0.4 is 0 Å². The zero-order valence-electron chi connectivity index (χ0n) is 6.10. The molecule has 0 radical (unpaired) electrons. The van der Waals surface area contributed by atoms with E-state index in [2.05, 4.69) is 4.90 Å². The summed E-state index contributed by atoms with van der Waals surface area (Å²) >= 11 is 0. The zero-order chi connectivity index (χ0) is 6.53. The third-order valence-electron chi connectivity index (χ3n) is 1.61. The molecule has 9 heavy (non-hydrogen) atoms. The van der Waals surface area contributed by atoms with Crippen LogP contribution in [0.5, 0.6) is 0 Å². The van der Waals surface area contributed by atoms with Gasteiger partial charge in [0.2, 0.25) is 0 Å². The summed E-state index contributed by atoms with van der Waals surface area (Å²) in [6.45, 7) is 4.86. The fourth-order valence-corrected chi connectivity index (χ4v) is 0.876. The fourth-order valence-electron chi connectivity index (χ4n) is 0.876. The molecule has 0 saturated carbocycles. The van der Waals surface area contributed by atoms with Crippen LogP contribution in [0.15, 0.2) is 0 Å². The van der Waals surface area contributed by atoms with Crippen molar-refractivity contribution >= 4 is 0 Å². The van der Waals surface area contributed by atoms with E-state index in [1.54, 1.807) is 7.11 Å². The maximum Gasteiger partial charge on any atom is 0.0462 e. The molecular weight excluding hydrogens is 114 g/mol. The van der Waals surface area contributed by atoms with Gasteiger partial charge in [-0.2, -0.15) is 0 Å². The van der Waals surface area contributed by atoms with Crippen molar-refractivity contribution in [1.82, 2.24) is 4.90 Å². The lowest BCUT2D eigenvalue weighted by Crippen LogP contribution is -2.00. The Labute approximate surface area is 56.8 Å². The van der Waals surface area contributed by atoms with Crippen molar-refractivity contribution in [3.05, 3.63) is 0 Å². The molecule has 0 bridgehead atoms. The summed E-state index contributed by atoms with van der Waals surface area (Å²) in [4.78, 5) is 2.44. The zero-order valence-corrected chi connectivity index (χ0v) is 6.10. The lowest BCUT2D eigenvalue weighted by atomic mass is 10.3. The summed E-state index contributed by atoms with van der Waals surface area (Å²) < 4.78 is 4.93. The van der Waals surface area contributed by atoms with E-state index in [1.165, 1.54) is 32.5 Å². The Hall–Kier alpha value is -0.0800. The summed E-state index contributed by atoms with van der Waals surface area (Å²) in [6, 6.07) is 0. The SMILES string of the molecule is COCCCCN1CC1. The first-order valence-electron chi connectivity index (χ1n) is 3.65. The highest BCUT2D eigenvalue weighted by atomic mass is 16.5. The van der Waals surface area contributed by atoms with Crippen LogP contribution in [0.25, 0.3) is 0 Å². The molecule has 1 rings (SSSR count). The van der Waals surface area contributed by atoms with Gasteiger partial charge in [0.15, 0.2) is 0 Å². The molecule has 0 amide bonds. The van der Waals surface area contributed by atoms with E-state index in [4.69, 9.17) is 4.74 Å². The molecule has 0 N–H and O–H groups in total. The van der Waals surface area contributed by atoms with Gasteiger partial charge < -0.3 is 9.64 Å². The molecule has 0 aromatic carbocycles. The third-order valence-corrected chi connectivity index (χ3v) is 1.61. The molecule has 1 saturated heterocycles. The van der Waals surface area contributed by atoms with Crippen LogP contribution in [0.3, 0.4) is 0 Å². The summed E-state index contributed by atoms with van der Waals surface area (Å²) in [5.74, 6) is 0. The first kappa shape index (κ1) is 7.03. The van der Waals surface area contributed by atoms with Crippen LogP contribution in [0.2, 0.25) is 0 Å². The number of methoxy groups -OCH3 is 1. The third kappa shape index (κ3) is 3.49. The van der Waals surface area contributed by atoms with E-state index in [9.17, 15) is 0 Å². The standard InChI is InChI=1S/C7H15NO/c1-9-7-3-2-4-8-5-6-8/h2-7H2,1H3. The van der Waals surface area contributed by atoms with Gasteiger partial charge in [-0.3, -0.25) is 0 Å². The minimum Gasteiger partial charge on any atom is -0.385 e. The number of hydrogen-bond acceptors (Lipinski definition) is 2. The number of ether oxygens (including phenoxy) is 1.